The fraction of sp³-hybridized carbons (Fsp3) is 0.250. The third-order valence-corrected chi connectivity index (χ3v) is 3.41. The Labute approximate surface area is 124 Å². The van der Waals surface area contributed by atoms with E-state index in [-0.39, 0.29) is 11.8 Å². The average Bonchev–Trinajstić information content (AvgIpc) is 2.46. The van der Waals surface area contributed by atoms with Gasteiger partial charge in [0.05, 0.1) is 6.04 Å². The molecule has 0 radical (unpaired) electrons. The molecule has 0 spiro atoms. The summed E-state index contributed by atoms with van der Waals surface area (Å²) in [5, 5.41) is 13.6. The second kappa shape index (κ2) is 7.29. The van der Waals surface area contributed by atoms with Gasteiger partial charge in [-0.15, -0.1) is 0 Å². The molecule has 0 saturated heterocycles. The van der Waals surface area contributed by atoms with Gasteiger partial charge in [-0.3, -0.25) is 0 Å². The summed E-state index contributed by atoms with van der Waals surface area (Å²) in [4.78, 5) is 0. The molecule has 0 fully saturated rings. The Morgan fingerprint density at radius 1 is 1.00 bits per heavy atom. The van der Waals surface area contributed by atoms with Crippen LogP contribution in [0.2, 0.25) is 5.02 Å². The molecule has 4 heteroatoms. The van der Waals surface area contributed by atoms with Crippen LogP contribution >= 0.6 is 11.6 Å². The fourth-order valence-electron chi connectivity index (χ4n) is 2.10. The van der Waals surface area contributed by atoms with Crippen LogP contribution in [0.4, 0.5) is 0 Å². The first-order chi connectivity index (χ1) is 9.70. The van der Waals surface area contributed by atoms with Gasteiger partial charge in [-0.25, -0.2) is 0 Å². The lowest BCUT2D eigenvalue weighted by molar-refractivity contribution is 0.474. The number of aromatic hydroxyl groups is 1. The van der Waals surface area contributed by atoms with E-state index in [2.05, 4.69) is 5.32 Å². The highest BCUT2D eigenvalue weighted by atomic mass is 35.5. The maximum Gasteiger partial charge on any atom is 0.115 e. The highest BCUT2D eigenvalue weighted by molar-refractivity contribution is 6.30. The van der Waals surface area contributed by atoms with Crippen molar-refractivity contribution in [2.45, 2.75) is 12.5 Å². The predicted molar refractivity (Wildman–Crippen MR) is 83.1 cm³/mol. The van der Waals surface area contributed by atoms with Crippen molar-refractivity contribution >= 4 is 11.6 Å². The van der Waals surface area contributed by atoms with E-state index >= 15 is 0 Å². The van der Waals surface area contributed by atoms with Gasteiger partial charge in [0.1, 0.15) is 5.75 Å². The molecule has 3 nitrogen and oxygen atoms in total. The molecule has 4 N–H and O–H groups in total. The smallest absolute Gasteiger partial charge is 0.115 e. The number of halogens is 1. The van der Waals surface area contributed by atoms with Crippen LogP contribution in [-0.2, 0) is 0 Å². The Morgan fingerprint density at radius 2 is 1.55 bits per heavy atom. The fourth-order valence-corrected chi connectivity index (χ4v) is 2.22. The predicted octanol–water partition coefficient (Wildman–Crippen LogP) is 3.07. The van der Waals surface area contributed by atoms with Crippen molar-refractivity contribution in [3.63, 3.8) is 0 Å². The molecule has 0 aromatic heterocycles. The van der Waals surface area contributed by atoms with Crippen LogP contribution in [0.3, 0.4) is 0 Å². The summed E-state index contributed by atoms with van der Waals surface area (Å²) in [6.45, 7) is 1.50. The van der Waals surface area contributed by atoms with Gasteiger partial charge in [0.15, 0.2) is 0 Å². The zero-order chi connectivity index (χ0) is 14.4. The number of benzene rings is 2. The molecule has 0 saturated carbocycles. The molecule has 0 aliphatic carbocycles. The quantitative estimate of drug-likeness (QED) is 0.717. The van der Waals surface area contributed by atoms with Crippen molar-refractivity contribution in [1.29, 1.82) is 0 Å². The summed E-state index contributed by atoms with van der Waals surface area (Å²) < 4.78 is 0. The molecule has 0 aliphatic rings. The third-order valence-electron chi connectivity index (χ3n) is 3.16. The van der Waals surface area contributed by atoms with E-state index in [0.29, 0.717) is 6.54 Å². The first-order valence-corrected chi connectivity index (χ1v) is 7.06. The van der Waals surface area contributed by atoms with Gasteiger partial charge in [-0.1, -0.05) is 35.9 Å². The minimum absolute atomic E-state index is 0.0689. The van der Waals surface area contributed by atoms with Crippen molar-refractivity contribution in [1.82, 2.24) is 5.32 Å². The molecule has 0 heterocycles. The number of hydrogen-bond acceptors (Lipinski definition) is 3. The van der Waals surface area contributed by atoms with Crippen LogP contribution in [0.1, 0.15) is 23.6 Å². The number of nitrogens with two attached hydrogens (primary N) is 1. The van der Waals surface area contributed by atoms with Gasteiger partial charge < -0.3 is 16.2 Å². The zero-order valence-corrected chi connectivity index (χ0v) is 12.0. The maximum atomic E-state index is 9.41. The number of rotatable bonds is 6. The summed E-state index contributed by atoms with van der Waals surface area (Å²) in [6.07, 6.45) is 0.919. The van der Waals surface area contributed by atoms with Crippen LogP contribution in [-0.4, -0.2) is 18.2 Å². The second-order valence-electron chi connectivity index (χ2n) is 4.67. The molecule has 0 aliphatic heterocycles. The van der Waals surface area contributed by atoms with Gasteiger partial charge in [0, 0.05) is 5.02 Å². The van der Waals surface area contributed by atoms with Crippen LogP contribution in [0.25, 0.3) is 0 Å². The number of hydrogen-bond donors (Lipinski definition) is 3. The number of nitrogens with one attached hydrogen (secondary N) is 1. The molecule has 0 bridgehead atoms. The topological polar surface area (TPSA) is 58.3 Å². The molecule has 20 heavy (non-hydrogen) atoms. The van der Waals surface area contributed by atoms with E-state index in [4.69, 9.17) is 17.3 Å². The van der Waals surface area contributed by atoms with Crippen LogP contribution < -0.4 is 11.1 Å². The van der Waals surface area contributed by atoms with E-state index in [9.17, 15) is 5.11 Å². The van der Waals surface area contributed by atoms with Gasteiger partial charge in [-0.2, -0.15) is 0 Å². The minimum atomic E-state index is 0.0689. The van der Waals surface area contributed by atoms with Crippen LogP contribution in [0.15, 0.2) is 48.5 Å². The molecule has 0 amide bonds. The standard InChI is InChI=1S/C16H19ClN2O/c17-14-6-2-12(3-7-14)16(19-11-1-10-18)13-4-8-15(20)9-5-13/h2-9,16,19-20H,1,10-11,18H2. The maximum absolute atomic E-state index is 9.41. The second-order valence-corrected chi connectivity index (χ2v) is 5.11. The molecular formula is C16H19ClN2O. The van der Waals surface area contributed by atoms with Crippen molar-refractivity contribution in [3.8, 4) is 5.75 Å². The Bertz CT molecular complexity index is 480. The van der Waals surface area contributed by atoms with Crippen molar-refractivity contribution in [2.24, 2.45) is 5.73 Å². The summed E-state index contributed by atoms with van der Waals surface area (Å²) in [5.74, 6) is 0.269. The van der Waals surface area contributed by atoms with E-state index in [1.165, 1.54) is 0 Å². The Kier molecular flexibility index (Phi) is 5.41. The van der Waals surface area contributed by atoms with Crippen LogP contribution in [0.5, 0.6) is 5.75 Å². The lowest BCUT2D eigenvalue weighted by Gasteiger charge is -2.20. The van der Waals surface area contributed by atoms with E-state index in [1.807, 2.05) is 36.4 Å². The summed E-state index contributed by atoms with van der Waals surface area (Å²) >= 11 is 5.94. The van der Waals surface area contributed by atoms with Crippen molar-refractivity contribution in [3.05, 3.63) is 64.7 Å². The summed E-state index contributed by atoms with van der Waals surface area (Å²) in [7, 11) is 0. The lowest BCUT2D eigenvalue weighted by atomic mass is 9.98. The Balaban J connectivity index is 2.23. The van der Waals surface area contributed by atoms with Crippen molar-refractivity contribution in [2.75, 3.05) is 13.1 Å². The molecule has 2 aromatic carbocycles. The van der Waals surface area contributed by atoms with E-state index < -0.39 is 0 Å². The van der Waals surface area contributed by atoms with E-state index in [0.717, 1.165) is 29.1 Å². The van der Waals surface area contributed by atoms with Gasteiger partial charge in [0.2, 0.25) is 0 Å². The Hall–Kier alpha value is -1.55. The van der Waals surface area contributed by atoms with Gasteiger partial charge in [0.25, 0.3) is 0 Å². The minimum Gasteiger partial charge on any atom is -0.508 e. The molecule has 1 unspecified atom stereocenters. The van der Waals surface area contributed by atoms with Crippen LogP contribution in [0, 0.1) is 0 Å². The molecule has 2 aromatic rings. The molecule has 106 valence electrons. The third kappa shape index (κ3) is 3.97. The normalized spacial score (nSPS) is 12.3. The summed E-state index contributed by atoms with van der Waals surface area (Å²) in [6, 6.07) is 15.1. The highest BCUT2D eigenvalue weighted by Gasteiger charge is 2.13. The molecule has 2 rings (SSSR count). The summed E-state index contributed by atoms with van der Waals surface area (Å²) in [5.41, 5.74) is 7.78. The lowest BCUT2D eigenvalue weighted by Crippen LogP contribution is -2.25. The van der Waals surface area contributed by atoms with Gasteiger partial charge in [-0.05, 0) is 54.9 Å². The SMILES string of the molecule is NCCCNC(c1ccc(O)cc1)c1ccc(Cl)cc1. The average molecular weight is 291 g/mol. The number of phenols is 1. The Morgan fingerprint density at radius 3 is 2.10 bits per heavy atom. The first-order valence-electron chi connectivity index (χ1n) is 6.68. The van der Waals surface area contributed by atoms with Crippen molar-refractivity contribution < 1.29 is 5.11 Å². The molecular weight excluding hydrogens is 272 g/mol. The largest absolute Gasteiger partial charge is 0.508 e. The highest BCUT2D eigenvalue weighted by Crippen LogP contribution is 2.25. The van der Waals surface area contributed by atoms with E-state index in [1.54, 1.807) is 12.1 Å². The van der Waals surface area contributed by atoms with Gasteiger partial charge >= 0.3 is 0 Å². The zero-order valence-electron chi connectivity index (χ0n) is 11.2. The first kappa shape index (κ1) is 14.9. The monoisotopic (exact) mass is 290 g/mol. The number of phenolic OH excluding ortho intramolecular Hbond substituents is 1. The molecule has 1 atom stereocenters.